The van der Waals surface area contributed by atoms with Gasteiger partial charge in [-0.3, -0.25) is 0 Å². The van der Waals surface area contributed by atoms with Gasteiger partial charge in [-0.25, -0.2) is 9.97 Å². The first-order valence-electron chi connectivity index (χ1n) is 5.46. The summed E-state index contributed by atoms with van der Waals surface area (Å²) in [4.78, 5) is 8.59. The molecule has 1 aromatic heterocycles. The summed E-state index contributed by atoms with van der Waals surface area (Å²) in [6, 6.07) is 6.37. The molecule has 0 aliphatic heterocycles. The van der Waals surface area contributed by atoms with Crippen molar-refractivity contribution in [2.45, 2.75) is 27.7 Å². The van der Waals surface area contributed by atoms with Crippen LogP contribution in [0, 0.1) is 27.7 Å². The van der Waals surface area contributed by atoms with Crippen LogP contribution in [0.3, 0.4) is 0 Å². The van der Waals surface area contributed by atoms with Crippen molar-refractivity contribution in [3.63, 3.8) is 0 Å². The summed E-state index contributed by atoms with van der Waals surface area (Å²) in [5.41, 5.74) is 6.10. The highest BCUT2D eigenvalue weighted by Crippen LogP contribution is 2.24. The number of nitrogens with zero attached hydrogens (tertiary/aromatic N) is 2. The zero-order valence-corrected chi connectivity index (χ0v) is 10.2. The highest BCUT2D eigenvalue weighted by Gasteiger charge is 2.05. The molecule has 0 radical (unpaired) electrons. The van der Waals surface area contributed by atoms with Crippen LogP contribution in [0.2, 0.25) is 0 Å². The van der Waals surface area contributed by atoms with Gasteiger partial charge in [-0.15, -0.1) is 0 Å². The number of benzene rings is 1. The van der Waals surface area contributed by atoms with Crippen LogP contribution in [-0.2, 0) is 0 Å². The van der Waals surface area contributed by atoms with Gasteiger partial charge in [0.25, 0.3) is 0 Å². The first kappa shape index (κ1) is 10.8. The number of hydrogen-bond donors (Lipinski definition) is 0. The van der Waals surface area contributed by atoms with Gasteiger partial charge in [-0.05, 0) is 56.5 Å². The summed E-state index contributed by atoms with van der Waals surface area (Å²) in [6.45, 7) is 8.31. The molecular formula is C14H16N2. The molecule has 0 aliphatic carbocycles. The van der Waals surface area contributed by atoms with Crippen LogP contribution < -0.4 is 0 Å². The fourth-order valence-corrected chi connectivity index (χ4v) is 1.84. The van der Waals surface area contributed by atoms with E-state index >= 15 is 0 Å². The van der Waals surface area contributed by atoms with Crippen LogP contribution in [0.25, 0.3) is 11.3 Å². The standard InChI is InChI=1S/C14H16N2/c1-9-7-11(3)13(8-10(9)2)14-5-6-15-12(4)16-14/h5-8H,1-4H3. The van der Waals surface area contributed by atoms with Gasteiger partial charge in [0, 0.05) is 11.8 Å². The topological polar surface area (TPSA) is 25.8 Å². The van der Waals surface area contributed by atoms with Gasteiger partial charge in [-0.1, -0.05) is 6.07 Å². The lowest BCUT2D eigenvalue weighted by atomic mass is 9.99. The van der Waals surface area contributed by atoms with Crippen LogP contribution in [0.1, 0.15) is 22.5 Å². The lowest BCUT2D eigenvalue weighted by Crippen LogP contribution is -1.93. The summed E-state index contributed by atoms with van der Waals surface area (Å²) < 4.78 is 0. The molecule has 2 heteroatoms. The quantitative estimate of drug-likeness (QED) is 0.724. The minimum Gasteiger partial charge on any atom is -0.242 e. The SMILES string of the molecule is Cc1nccc(-c2cc(C)c(C)cc2C)n1. The molecule has 0 unspecified atom stereocenters. The van der Waals surface area contributed by atoms with E-state index in [2.05, 4.69) is 42.9 Å². The predicted octanol–water partition coefficient (Wildman–Crippen LogP) is 3.38. The number of hydrogen-bond acceptors (Lipinski definition) is 2. The van der Waals surface area contributed by atoms with Crippen LogP contribution in [0.5, 0.6) is 0 Å². The van der Waals surface area contributed by atoms with Gasteiger partial charge >= 0.3 is 0 Å². The third-order valence-corrected chi connectivity index (χ3v) is 2.89. The molecule has 2 nitrogen and oxygen atoms in total. The van der Waals surface area contributed by atoms with E-state index in [0.717, 1.165) is 11.5 Å². The van der Waals surface area contributed by atoms with Gasteiger partial charge in [0.2, 0.25) is 0 Å². The summed E-state index contributed by atoms with van der Waals surface area (Å²) in [7, 11) is 0. The van der Waals surface area contributed by atoms with Gasteiger partial charge in [0.1, 0.15) is 5.82 Å². The van der Waals surface area contributed by atoms with Crippen LogP contribution >= 0.6 is 0 Å². The summed E-state index contributed by atoms with van der Waals surface area (Å²) in [6.07, 6.45) is 1.81. The minimum absolute atomic E-state index is 0.815. The van der Waals surface area contributed by atoms with Crippen molar-refractivity contribution < 1.29 is 0 Å². The first-order chi connectivity index (χ1) is 7.58. The number of rotatable bonds is 1. The Kier molecular flexibility index (Phi) is 2.73. The molecule has 0 saturated carbocycles. The number of aromatic nitrogens is 2. The first-order valence-corrected chi connectivity index (χ1v) is 5.46. The Hall–Kier alpha value is -1.70. The Morgan fingerprint density at radius 1 is 0.875 bits per heavy atom. The second-order valence-corrected chi connectivity index (χ2v) is 4.24. The second-order valence-electron chi connectivity index (χ2n) is 4.24. The van der Waals surface area contributed by atoms with E-state index in [1.165, 1.54) is 22.3 Å². The van der Waals surface area contributed by atoms with Crippen molar-refractivity contribution in [1.29, 1.82) is 0 Å². The average Bonchev–Trinajstić information content (AvgIpc) is 2.23. The monoisotopic (exact) mass is 212 g/mol. The third kappa shape index (κ3) is 1.96. The van der Waals surface area contributed by atoms with Crippen molar-refractivity contribution >= 4 is 0 Å². The molecule has 0 spiro atoms. The van der Waals surface area contributed by atoms with Gasteiger partial charge in [0.15, 0.2) is 0 Å². The van der Waals surface area contributed by atoms with Crippen LogP contribution in [0.4, 0.5) is 0 Å². The molecule has 2 aromatic rings. The lowest BCUT2D eigenvalue weighted by Gasteiger charge is -2.09. The Bertz CT molecular complexity index is 530. The zero-order chi connectivity index (χ0) is 11.7. The normalized spacial score (nSPS) is 10.5. The Balaban J connectivity index is 2.60. The number of aryl methyl sites for hydroxylation is 4. The third-order valence-electron chi connectivity index (χ3n) is 2.89. The van der Waals surface area contributed by atoms with E-state index < -0.39 is 0 Å². The molecule has 1 heterocycles. The van der Waals surface area contributed by atoms with E-state index in [-0.39, 0.29) is 0 Å². The highest BCUT2D eigenvalue weighted by molar-refractivity contribution is 5.65. The molecule has 2 rings (SSSR count). The summed E-state index contributed by atoms with van der Waals surface area (Å²) >= 11 is 0. The molecule has 0 amide bonds. The zero-order valence-electron chi connectivity index (χ0n) is 10.2. The van der Waals surface area contributed by atoms with Crippen molar-refractivity contribution in [3.05, 3.63) is 46.9 Å². The van der Waals surface area contributed by atoms with E-state index in [0.29, 0.717) is 0 Å². The molecule has 82 valence electrons. The van der Waals surface area contributed by atoms with Crippen LogP contribution in [0.15, 0.2) is 24.4 Å². The maximum absolute atomic E-state index is 4.46. The molecule has 0 aliphatic rings. The molecular weight excluding hydrogens is 196 g/mol. The van der Waals surface area contributed by atoms with Gasteiger partial charge < -0.3 is 0 Å². The van der Waals surface area contributed by atoms with Crippen LogP contribution in [-0.4, -0.2) is 9.97 Å². The van der Waals surface area contributed by atoms with Crippen molar-refractivity contribution in [2.24, 2.45) is 0 Å². The predicted molar refractivity (Wildman–Crippen MR) is 66.4 cm³/mol. The van der Waals surface area contributed by atoms with E-state index in [1.54, 1.807) is 0 Å². The van der Waals surface area contributed by atoms with Crippen molar-refractivity contribution in [2.75, 3.05) is 0 Å². The maximum atomic E-state index is 4.46. The Morgan fingerprint density at radius 3 is 2.25 bits per heavy atom. The minimum atomic E-state index is 0.815. The summed E-state index contributed by atoms with van der Waals surface area (Å²) in [5.74, 6) is 0.815. The second kappa shape index (κ2) is 4.05. The molecule has 0 atom stereocenters. The lowest BCUT2D eigenvalue weighted by molar-refractivity contribution is 1.06. The highest BCUT2D eigenvalue weighted by atomic mass is 14.9. The smallest absolute Gasteiger partial charge is 0.125 e. The van der Waals surface area contributed by atoms with Gasteiger partial charge in [0.05, 0.1) is 5.69 Å². The van der Waals surface area contributed by atoms with Crippen molar-refractivity contribution in [1.82, 2.24) is 9.97 Å². The molecule has 0 saturated heterocycles. The molecule has 0 N–H and O–H groups in total. The fourth-order valence-electron chi connectivity index (χ4n) is 1.84. The van der Waals surface area contributed by atoms with Gasteiger partial charge in [-0.2, -0.15) is 0 Å². The Morgan fingerprint density at radius 2 is 1.56 bits per heavy atom. The maximum Gasteiger partial charge on any atom is 0.125 e. The van der Waals surface area contributed by atoms with E-state index in [1.807, 2.05) is 19.2 Å². The molecule has 16 heavy (non-hydrogen) atoms. The largest absolute Gasteiger partial charge is 0.242 e. The molecule has 0 bridgehead atoms. The molecule has 0 fully saturated rings. The van der Waals surface area contributed by atoms with E-state index in [4.69, 9.17) is 0 Å². The van der Waals surface area contributed by atoms with E-state index in [9.17, 15) is 0 Å². The summed E-state index contributed by atoms with van der Waals surface area (Å²) in [5, 5.41) is 0. The molecule has 1 aromatic carbocycles. The fraction of sp³-hybridized carbons (Fsp3) is 0.286. The average molecular weight is 212 g/mol. The Labute approximate surface area is 96.4 Å². The van der Waals surface area contributed by atoms with Crippen molar-refractivity contribution in [3.8, 4) is 11.3 Å².